The number of hydrazine groups is 1. The Morgan fingerprint density at radius 1 is 1.33 bits per heavy atom. The maximum absolute atomic E-state index is 10.5. The first-order valence-corrected chi connectivity index (χ1v) is 3.07. The molecule has 0 heterocycles. The van der Waals surface area contributed by atoms with Gasteiger partial charge >= 0.3 is 12.2 Å². The van der Waals surface area contributed by atoms with Crippen LogP contribution in [0.15, 0.2) is 0 Å². The largest absolute Gasteiger partial charge is 0.464 e. The summed E-state index contributed by atoms with van der Waals surface area (Å²) >= 11 is 0. The van der Waals surface area contributed by atoms with Crippen LogP contribution in [-0.2, 0) is 9.47 Å². The summed E-state index contributed by atoms with van der Waals surface area (Å²) in [5, 5.41) is 8.03. The summed E-state index contributed by atoms with van der Waals surface area (Å²) in [6.45, 7) is 0.337. The third-order valence-corrected chi connectivity index (χ3v) is 0.792. The van der Waals surface area contributed by atoms with Gasteiger partial charge in [0, 0.05) is 7.11 Å². The van der Waals surface area contributed by atoms with Crippen LogP contribution in [0.2, 0.25) is 0 Å². The second-order valence-corrected chi connectivity index (χ2v) is 1.68. The van der Waals surface area contributed by atoms with E-state index in [0.717, 1.165) is 0 Å². The Kier molecular flexibility index (Phi) is 5.45. The lowest BCUT2D eigenvalue weighted by Gasteiger charge is -2.04. The minimum atomic E-state index is -1.36. The van der Waals surface area contributed by atoms with Crippen LogP contribution in [0.1, 0.15) is 0 Å². The highest BCUT2D eigenvalue weighted by atomic mass is 16.6. The molecule has 0 fully saturated rings. The Hall–Kier alpha value is -1.50. The molecule has 0 atom stereocenters. The summed E-state index contributed by atoms with van der Waals surface area (Å²) < 4.78 is 9.01. The molecule has 3 N–H and O–H groups in total. The van der Waals surface area contributed by atoms with E-state index in [1.807, 2.05) is 0 Å². The maximum atomic E-state index is 10.5. The number of carboxylic acid groups (broad SMARTS) is 1. The lowest BCUT2D eigenvalue weighted by molar-refractivity contribution is 0.0952. The van der Waals surface area contributed by atoms with Gasteiger partial charge in [-0.05, 0) is 0 Å². The van der Waals surface area contributed by atoms with E-state index in [1.165, 1.54) is 7.11 Å². The summed E-state index contributed by atoms with van der Waals surface area (Å²) in [7, 11) is 1.46. The smallest absolute Gasteiger partial charge is 0.426 e. The van der Waals surface area contributed by atoms with Crippen LogP contribution in [0, 0.1) is 0 Å². The normalized spacial score (nSPS) is 8.75. The van der Waals surface area contributed by atoms with Gasteiger partial charge in [-0.2, -0.15) is 0 Å². The third kappa shape index (κ3) is 6.62. The molecule has 0 aliphatic heterocycles. The number of amides is 2. The van der Waals surface area contributed by atoms with Crippen molar-refractivity contribution in [2.75, 3.05) is 20.3 Å². The van der Waals surface area contributed by atoms with Crippen molar-refractivity contribution in [3.8, 4) is 0 Å². The molecule has 0 radical (unpaired) electrons. The topological polar surface area (TPSA) is 96.9 Å². The van der Waals surface area contributed by atoms with Gasteiger partial charge in [-0.1, -0.05) is 0 Å². The van der Waals surface area contributed by atoms with Crippen molar-refractivity contribution in [2.24, 2.45) is 0 Å². The Labute approximate surface area is 68.6 Å². The minimum absolute atomic E-state index is 0.0730. The van der Waals surface area contributed by atoms with Gasteiger partial charge in [-0.25, -0.2) is 20.4 Å². The predicted octanol–water partition coefficient (Wildman–Crippen LogP) is -0.458. The van der Waals surface area contributed by atoms with Crippen molar-refractivity contribution in [1.82, 2.24) is 10.9 Å². The fraction of sp³-hybridized carbons (Fsp3) is 0.600. The number of nitrogens with one attached hydrogen (secondary N) is 2. The standard InChI is InChI=1S/C5H10N2O5/c1-11-2-3-12-5(10)7-6-4(8)9/h6H,2-3H2,1H3,(H,7,10)(H,8,9). The van der Waals surface area contributed by atoms with Crippen LogP contribution < -0.4 is 10.9 Å². The molecule has 0 rings (SSSR count). The highest BCUT2D eigenvalue weighted by Crippen LogP contribution is 1.76. The summed E-state index contributed by atoms with van der Waals surface area (Å²) in [4.78, 5) is 20.3. The molecule has 0 bridgehead atoms. The molecule has 0 saturated heterocycles. The summed E-state index contributed by atoms with van der Waals surface area (Å²) in [5.41, 5.74) is 3.40. The van der Waals surface area contributed by atoms with E-state index in [-0.39, 0.29) is 13.2 Å². The molecule has 0 aromatic heterocycles. The zero-order chi connectivity index (χ0) is 9.40. The first kappa shape index (κ1) is 10.5. The van der Waals surface area contributed by atoms with Crippen LogP contribution in [0.4, 0.5) is 9.59 Å². The van der Waals surface area contributed by atoms with Crippen molar-refractivity contribution >= 4 is 12.2 Å². The van der Waals surface area contributed by atoms with Gasteiger partial charge < -0.3 is 14.6 Å². The number of rotatable bonds is 3. The van der Waals surface area contributed by atoms with Crippen molar-refractivity contribution in [2.45, 2.75) is 0 Å². The second kappa shape index (κ2) is 6.23. The van der Waals surface area contributed by atoms with Crippen LogP contribution >= 0.6 is 0 Å². The predicted molar refractivity (Wildman–Crippen MR) is 37.5 cm³/mol. The lowest BCUT2D eigenvalue weighted by Crippen LogP contribution is -2.41. The molecule has 0 aliphatic carbocycles. The van der Waals surface area contributed by atoms with E-state index in [4.69, 9.17) is 5.11 Å². The van der Waals surface area contributed by atoms with Gasteiger partial charge in [0.15, 0.2) is 0 Å². The van der Waals surface area contributed by atoms with Crippen molar-refractivity contribution < 1.29 is 24.2 Å². The van der Waals surface area contributed by atoms with Gasteiger partial charge in [0.2, 0.25) is 0 Å². The molecule has 0 unspecified atom stereocenters. The molecule has 0 aromatic carbocycles. The van der Waals surface area contributed by atoms with E-state index < -0.39 is 12.2 Å². The van der Waals surface area contributed by atoms with Crippen molar-refractivity contribution in [3.63, 3.8) is 0 Å². The number of methoxy groups -OCH3 is 1. The first-order chi connectivity index (χ1) is 5.66. The zero-order valence-electron chi connectivity index (χ0n) is 6.49. The lowest BCUT2D eigenvalue weighted by atomic mass is 10.8. The summed E-state index contributed by atoms with van der Waals surface area (Å²) in [6.07, 6.45) is -2.23. The molecule has 7 nitrogen and oxygen atoms in total. The fourth-order valence-corrected chi connectivity index (χ4v) is 0.358. The average Bonchev–Trinajstić information content (AvgIpc) is 2.01. The number of carbonyl (C=O) groups is 2. The second-order valence-electron chi connectivity index (χ2n) is 1.68. The minimum Gasteiger partial charge on any atom is -0.464 e. The maximum Gasteiger partial charge on any atom is 0.426 e. The quantitative estimate of drug-likeness (QED) is 0.401. The van der Waals surface area contributed by atoms with Crippen LogP contribution in [0.5, 0.6) is 0 Å². The van der Waals surface area contributed by atoms with Crippen molar-refractivity contribution in [1.29, 1.82) is 0 Å². The molecule has 0 spiro atoms. The van der Waals surface area contributed by atoms with Gasteiger partial charge in [0.05, 0.1) is 6.61 Å². The highest BCUT2D eigenvalue weighted by Gasteiger charge is 2.01. The molecular weight excluding hydrogens is 168 g/mol. The Morgan fingerprint density at radius 2 is 2.00 bits per heavy atom. The molecule has 2 amide bonds. The molecule has 7 heteroatoms. The van der Waals surface area contributed by atoms with E-state index >= 15 is 0 Å². The SMILES string of the molecule is COCCOC(=O)NNC(=O)O. The molecular formula is C5H10N2O5. The number of hydrogen-bond acceptors (Lipinski definition) is 4. The third-order valence-electron chi connectivity index (χ3n) is 0.792. The van der Waals surface area contributed by atoms with Crippen LogP contribution in [0.25, 0.3) is 0 Å². The van der Waals surface area contributed by atoms with Crippen LogP contribution in [-0.4, -0.2) is 37.6 Å². The molecule has 12 heavy (non-hydrogen) atoms. The van der Waals surface area contributed by atoms with Gasteiger partial charge in [0.25, 0.3) is 0 Å². The number of hydrogen-bond donors (Lipinski definition) is 3. The molecule has 70 valence electrons. The fourth-order valence-electron chi connectivity index (χ4n) is 0.358. The summed E-state index contributed by atoms with van der Waals surface area (Å²) in [5.74, 6) is 0. The zero-order valence-corrected chi connectivity index (χ0v) is 6.49. The van der Waals surface area contributed by atoms with Crippen molar-refractivity contribution in [3.05, 3.63) is 0 Å². The highest BCUT2D eigenvalue weighted by molar-refractivity contribution is 5.72. The van der Waals surface area contributed by atoms with Gasteiger partial charge in [-0.3, -0.25) is 0 Å². The summed E-state index contributed by atoms with van der Waals surface area (Å²) in [6, 6.07) is 0. The van der Waals surface area contributed by atoms with Gasteiger partial charge in [0.1, 0.15) is 6.61 Å². The van der Waals surface area contributed by atoms with E-state index in [9.17, 15) is 9.59 Å². The van der Waals surface area contributed by atoms with E-state index in [2.05, 4.69) is 9.47 Å². The molecule has 0 saturated carbocycles. The number of carbonyl (C=O) groups excluding carboxylic acids is 1. The van der Waals surface area contributed by atoms with Crippen LogP contribution in [0.3, 0.4) is 0 Å². The number of ether oxygens (including phenoxy) is 2. The van der Waals surface area contributed by atoms with E-state index in [1.54, 1.807) is 10.9 Å². The molecule has 0 aliphatic rings. The molecule has 0 aromatic rings. The Morgan fingerprint density at radius 3 is 2.50 bits per heavy atom. The first-order valence-electron chi connectivity index (χ1n) is 3.07. The Bertz CT molecular complexity index is 160. The van der Waals surface area contributed by atoms with Gasteiger partial charge in [-0.15, -0.1) is 0 Å². The average molecular weight is 178 g/mol. The Balaban J connectivity index is 3.28. The van der Waals surface area contributed by atoms with E-state index in [0.29, 0.717) is 0 Å². The monoisotopic (exact) mass is 178 g/mol.